The number of hydrogen-bond donors (Lipinski definition) is 0. The molecule has 144 valence electrons. The average molecular weight is 387 g/mol. The average Bonchev–Trinajstić information content (AvgIpc) is 3.03. The van der Waals surface area contributed by atoms with E-state index in [0.29, 0.717) is 5.82 Å². The molecule has 0 aliphatic rings. The summed E-state index contributed by atoms with van der Waals surface area (Å²) in [6.45, 7) is 3.37. The fourth-order valence-electron chi connectivity index (χ4n) is 2.89. The molecule has 0 aliphatic carbocycles. The summed E-state index contributed by atoms with van der Waals surface area (Å²) in [6.07, 6.45) is -3.06. The second-order valence-corrected chi connectivity index (χ2v) is 6.52. The van der Waals surface area contributed by atoms with Gasteiger partial charge in [-0.05, 0) is 32.0 Å². The molecule has 9 heteroatoms. The fraction of sp³-hybridized carbons (Fsp3) is 0.263. The van der Waals surface area contributed by atoms with Gasteiger partial charge < -0.3 is 9.30 Å². The van der Waals surface area contributed by atoms with E-state index in [-0.39, 0.29) is 22.8 Å². The zero-order valence-corrected chi connectivity index (χ0v) is 15.3. The van der Waals surface area contributed by atoms with Crippen molar-refractivity contribution in [1.29, 1.82) is 5.26 Å². The first kappa shape index (κ1) is 19.4. The first-order valence-corrected chi connectivity index (χ1v) is 8.25. The van der Waals surface area contributed by atoms with E-state index < -0.39 is 17.3 Å². The van der Waals surface area contributed by atoms with E-state index >= 15 is 0 Å². The minimum Gasteiger partial charge on any atom is -0.477 e. The molecule has 2 heterocycles. The number of ether oxygens (including phenoxy) is 1. The minimum absolute atomic E-state index is 0.0614. The zero-order chi connectivity index (χ0) is 20.5. The van der Waals surface area contributed by atoms with Crippen LogP contribution < -0.4 is 4.74 Å². The Morgan fingerprint density at radius 3 is 2.46 bits per heavy atom. The molecular weight excluding hydrogens is 371 g/mol. The second kappa shape index (κ2) is 6.96. The first-order valence-electron chi connectivity index (χ1n) is 8.25. The molecule has 3 rings (SSSR count). The van der Waals surface area contributed by atoms with Crippen molar-refractivity contribution in [1.82, 2.24) is 19.7 Å². The zero-order valence-electron chi connectivity index (χ0n) is 15.3. The second-order valence-electron chi connectivity index (χ2n) is 6.52. The van der Waals surface area contributed by atoms with Gasteiger partial charge in [0, 0.05) is 18.8 Å². The standard InChI is InChI=1S/C19H16F3N5O/c1-18(2,28-15-9-6-10-24-14(15)11-23)17-26-25-16(27(17)3)12-7-4-5-8-13(12)19(20,21)22/h4-10H,1-3H3. The molecule has 3 aromatic rings. The molecule has 0 fully saturated rings. The number of rotatable bonds is 4. The van der Waals surface area contributed by atoms with E-state index in [1.165, 1.54) is 29.0 Å². The molecule has 0 unspecified atom stereocenters. The summed E-state index contributed by atoms with van der Waals surface area (Å²) in [4.78, 5) is 3.93. The van der Waals surface area contributed by atoms with Gasteiger partial charge >= 0.3 is 6.18 Å². The van der Waals surface area contributed by atoms with Crippen LogP contribution in [-0.2, 0) is 18.8 Å². The van der Waals surface area contributed by atoms with Crippen LogP contribution in [0.3, 0.4) is 0 Å². The summed E-state index contributed by atoms with van der Waals surface area (Å²) in [5, 5.41) is 17.2. The molecule has 1 aromatic carbocycles. The van der Waals surface area contributed by atoms with Crippen molar-refractivity contribution in [3.05, 3.63) is 59.7 Å². The number of aromatic nitrogens is 4. The molecule has 0 radical (unpaired) electrons. The predicted octanol–water partition coefficient (Wildman–Crippen LogP) is 4.08. The molecule has 0 saturated heterocycles. The van der Waals surface area contributed by atoms with Crippen LogP contribution >= 0.6 is 0 Å². The number of nitrogens with zero attached hydrogens (tertiary/aromatic N) is 5. The molecule has 0 saturated carbocycles. The molecule has 0 amide bonds. The third kappa shape index (κ3) is 3.53. The van der Waals surface area contributed by atoms with Crippen LogP contribution in [0.15, 0.2) is 42.6 Å². The lowest BCUT2D eigenvalue weighted by Crippen LogP contribution is -2.29. The van der Waals surface area contributed by atoms with Crippen LogP contribution in [0.5, 0.6) is 5.75 Å². The normalized spacial score (nSPS) is 11.9. The van der Waals surface area contributed by atoms with Gasteiger partial charge in [-0.15, -0.1) is 10.2 Å². The smallest absolute Gasteiger partial charge is 0.417 e. The number of benzene rings is 1. The predicted molar refractivity (Wildman–Crippen MR) is 94.0 cm³/mol. The molecule has 0 spiro atoms. The van der Waals surface area contributed by atoms with Crippen LogP contribution in [0.25, 0.3) is 11.4 Å². The Morgan fingerprint density at radius 2 is 1.79 bits per heavy atom. The molecule has 0 aliphatic heterocycles. The number of nitriles is 1. The fourth-order valence-corrected chi connectivity index (χ4v) is 2.89. The SMILES string of the molecule is Cn1c(-c2ccccc2C(F)(F)F)nnc1C(C)(C)Oc1cccnc1C#N. The minimum atomic E-state index is -4.52. The number of halogens is 3. The van der Waals surface area contributed by atoms with Gasteiger partial charge in [0.15, 0.2) is 28.7 Å². The van der Waals surface area contributed by atoms with Gasteiger partial charge in [-0.25, -0.2) is 4.98 Å². The van der Waals surface area contributed by atoms with Crippen molar-refractivity contribution in [2.24, 2.45) is 7.05 Å². The van der Waals surface area contributed by atoms with E-state index in [1.807, 2.05) is 6.07 Å². The molecule has 0 bridgehead atoms. The van der Waals surface area contributed by atoms with E-state index in [9.17, 15) is 13.2 Å². The quantitative estimate of drug-likeness (QED) is 0.674. The van der Waals surface area contributed by atoms with Gasteiger partial charge in [0.1, 0.15) is 6.07 Å². The summed E-state index contributed by atoms with van der Waals surface area (Å²) in [5.74, 6) is 0.605. The molecule has 28 heavy (non-hydrogen) atoms. The summed E-state index contributed by atoms with van der Waals surface area (Å²) in [6, 6.07) is 10.3. The van der Waals surface area contributed by atoms with Gasteiger partial charge in [-0.2, -0.15) is 18.4 Å². The molecule has 6 nitrogen and oxygen atoms in total. The summed E-state index contributed by atoms with van der Waals surface area (Å²) in [5.41, 5.74) is -1.86. The van der Waals surface area contributed by atoms with E-state index in [2.05, 4.69) is 15.2 Å². The van der Waals surface area contributed by atoms with Gasteiger partial charge in [0.05, 0.1) is 5.56 Å². The van der Waals surface area contributed by atoms with E-state index in [4.69, 9.17) is 10.00 Å². The summed E-state index contributed by atoms with van der Waals surface area (Å²) < 4.78 is 47.4. The Hall–Kier alpha value is -3.41. The Labute approximate surface area is 159 Å². The largest absolute Gasteiger partial charge is 0.477 e. The van der Waals surface area contributed by atoms with Gasteiger partial charge in [-0.1, -0.05) is 18.2 Å². The maximum atomic E-state index is 13.4. The van der Waals surface area contributed by atoms with Gasteiger partial charge in [-0.3, -0.25) is 0 Å². The van der Waals surface area contributed by atoms with E-state index in [0.717, 1.165) is 6.07 Å². The number of pyridine rings is 1. The molecule has 0 atom stereocenters. The maximum Gasteiger partial charge on any atom is 0.417 e. The van der Waals surface area contributed by atoms with Crippen molar-refractivity contribution < 1.29 is 17.9 Å². The molecule has 2 aromatic heterocycles. The first-order chi connectivity index (χ1) is 13.1. The number of alkyl halides is 3. The Bertz CT molecular complexity index is 1050. The van der Waals surface area contributed by atoms with Crippen LogP contribution in [-0.4, -0.2) is 19.7 Å². The van der Waals surface area contributed by atoms with Crippen molar-refractivity contribution in [3.8, 4) is 23.2 Å². The van der Waals surface area contributed by atoms with Crippen molar-refractivity contribution in [2.75, 3.05) is 0 Å². The lowest BCUT2D eigenvalue weighted by atomic mass is 10.1. The third-order valence-corrected chi connectivity index (χ3v) is 4.13. The summed E-state index contributed by atoms with van der Waals surface area (Å²) >= 11 is 0. The van der Waals surface area contributed by atoms with Crippen molar-refractivity contribution >= 4 is 0 Å². The topological polar surface area (TPSA) is 76.6 Å². The summed E-state index contributed by atoms with van der Waals surface area (Å²) in [7, 11) is 1.57. The van der Waals surface area contributed by atoms with Crippen molar-refractivity contribution in [3.63, 3.8) is 0 Å². The highest BCUT2D eigenvalue weighted by Crippen LogP contribution is 2.37. The maximum absolute atomic E-state index is 13.4. The Morgan fingerprint density at radius 1 is 1.07 bits per heavy atom. The third-order valence-electron chi connectivity index (χ3n) is 4.13. The van der Waals surface area contributed by atoms with Crippen LogP contribution in [0.2, 0.25) is 0 Å². The van der Waals surface area contributed by atoms with Gasteiger partial charge in [0.2, 0.25) is 0 Å². The van der Waals surface area contributed by atoms with Crippen LogP contribution in [0, 0.1) is 11.3 Å². The van der Waals surface area contributed by atoms with E-state index in [1.54, 1.807) is 33.0 Å². The van der Waals surface area contributed by atoms with Crippen LogP contribution in [0.4, 0.5) is 13.2 Å². The van der Waals surface area contributed by atoms with Crippen LogP contribution in [0.1, 0.15) is 30.9 Å². The van der Waals surface area contributed by atoms with Crippen molar-refractivity contribution in [2.45, 2.75) is 25.6 Å². The molecular formula is C19H16F3N5O. The lowest BCUT2D eigenvalue weighted by molar-refractivity contribution is -0.137. The lowest BCUT2D eigenvalue weighted by Gasteiger charge is -2.25. The Kier molecular flexibility index (Phi) is 4.81. The monoisotopic (exact) mass is 387 g/mol. The highest BCUT2D eigenvalue weighted by molar-refractivity contribution is 5.61. The molecule has 0 N–H and O–H groups in total. The highest BCUT2D eigenvalue weighted by Gasteiger charge is 2.36. The van der Waals surface area contributed by atoms with Gasteiger partial charge in [0.25, 0.3) is 0 Å². The Balaban J connectivity index is 2.03. The number of hydrogen-bond acceptors (Lipinski definition) is 5. The highest BCUT2D eigenvalue weighted by atomic mass is 19.4.